The lowest BCUT2D eigenvalue weighted by molar-refractivity contribution is 0.0467. The van der Waals surface area contributed by atoms with E-state index in [4.69, 9.17) is 4.74 Å². The van der Waals surface area contributed by atoms with Crippen LogP contribution in [-0.2, 0) is 12.8 Å². The minimum atomic E-state index is -0.624. The average Bonchev–Trinajstić information content (AvgIpc) is 2.54. The van der Waals surface area contributed by atoms with Gasteiger partial charge in [-0.2, -0.15) is 0 Å². The van der Waals surface area contributed by atoms with Crippen molar-refractivity contribution in [3.05, 3.63) is 65.2 Å². The van der Waals surface area contributed by atoms with E-state index in [0.717, 1.165) is 24.2 Å². The highest BCUT2D eigenvalue weighted by Gasteiger charge is 2.18. The van der Waals surface area contributed by atoms with Crippen LogP contribution in [0, 0.1) is 0 Å². The molecule has 2 heteroatoms. The van der Waals surface area contributed by atoms with Crippen molar-refractivity contribution in [3.8, 4) is 5.75 Å². The van der Waals surface area contributed by atoms with Gasteiger partial charge in [0.1, 0.15) is 18.0 Å². The molecule has 0 bridgehead atoms. The Morgan fingerprint density at radius 1 is 0.952 bits per heavy atom. The lowest BCUT2D eigenvalue weighted by Crippen LogP contribution is -2.21. The third-order valence-electron chi connectivity index (χ3n) is 3.80. The highest BCUT2D eigenvalue weighted by Crippen LogP contribution is 2.23. The van der Waals surface area contributed by atoms with E-state index in [1.165, 1.54) is 11.1 Å². The average molecular weight is 284 g/mol. The van der Waals surface area contributed by atoms with E-state index >= 15 is 0 Å². The summed E-state index contributed by atoms with van der Waals surface area (Å²) in [6, 6.07) is 16.1. The molecule has 2 rings (SSSR count). The van der Waals surface area contributed by atoms with Crippen LogP contribution in [0.4, 0.5) is 0 Å². The molecule has 2 atom stereocenters. The van der Waals surface area contributed by atoms with Crippen LogP contribution in [0.2, 0.25) is 0 Å². The van der Waals surface area contributed by atoms with Crippen molar-refractivity contribution < 1.29 is 9.84 Å². The van der Waals surface area contributed by atoms with Crippen LogP contribution in [0.1, 0.15) is 43.6 Å². The fourth-order valence-corrected chi connectivity index (χ4v) is 2.34. The zero-order valence-electron chi connectivity index (χ0n) is 13.0. The summed E-state index contributed by atoms with van der Waals surface area (Å²) in [6.45, 7) is 6.14. The van der Waals surface area contributed by atoms with E-state index in [9.17, 15) is 5.11 Å². The molecule has 0 aliphatic carbocycles. The Hall–Kier alpha value is -1.80. The summed E-state index contributed by atoms with van der Waals surface area (Å²) in [5, 5.41) is 10.4. The zero-order chi connectivity index (χ0) is 15.2. The predicted molar refractivity (Wildman–Crippen MR) is 86.7 cm³/mol. The van der Waals surface area contributed by atoms with Gasteiger partial charge in [-0.05, 0) is 48.6 Å². The van der Waals surface area contributed by atoms with Crippen molar-refractivity contribution in [2.75, 3.05) is 0 Å². The SMILES string of the molecule is CCc1ccc(C(O)C(C)Oc2cccc(CC)c2)cc1. The van der Waals surface area contributed by atoms with Crippen molar-refractivity contribution in [1.82, 2.24) is 0 Å². The molecule has 0 aliphatic rings. The van der Waals surface area contributed by atoms with E-state index in [0.29, 0.717) is 0 Å². The first-order valence-electron chi connectivity index (χ1n) is 7.66. The summed E-state index contributed by atoms with van der Waals surface area (Å²) in [7, 11) is 0. The number of rotatable bonds is 6. The molecule has 112 valence electrons. The van der Waals surface area contributed by atoms with Crippen LogP contribution in [0.3, 0.4) is 0 Å². The van der Waals surface area contributed by atoms with Crippen molar-refractivity contribution >= 4 is 0 Å². The van der Waals surface area contributed by atoms with E-state index in [1.54, 1.807) is 0 Å². The molecule has 0 fully saturated rings. The highest BCUT2D eigenvalue weighted by atomic mass is 16.5. The second-order valence-electron chi connectivity index (χ2n) is 5.36. The molecular formula is C19H24O2. The van der Waals surface area contributed by atoms with Crippen LogP contribution in [0.15, 0.2) is 48.5 Å². The highest BCUT2D eigenvalue weighted by molar-refractivity contribution is 5.29. The molecule has 0 aliphatic heterocycles. The smallest absolute Gasteiger partial charge is 0.126 e. The quantitative estimate of drug-likeness (QED) is 0.856. The Kier molecular flexibility index (Phi) is 5.40. The van der Waals surface area contributed by atoms with E-state index in [-0.39, 0.29) is 6.10 Å². The molecule has 0 saturated heterocycles. The molecule has 1 N–H and O–H groups in total. The number of aliphatic hydroxyl groups is 1. The van der Waals surface area contributed by atoms with Gasteiger partial charge in [0.15, 0.2) is 0 Å². The van der Waals surface area contributed by atoms with Crippen molar-refractivity contribution in [2.45, 2.75) is 45.8 Å². The Bertz CT molecular complexity index is 560. The maximum atomic E-state index is 10.4. The molecule has 0 spiro atoms. The summed E-state index contributed by atoms with van der Waals surface area (Å²) in [5.74, 6) is 0.811. The van der Waals surface area contributed by atoms with Gasteiger partial charge in [-0.1, -0.05) is 50.2 Å². The zero-order valence-corrected chi connectivity index (χ0v) is 13.0. The molecule has 2 unspecified atom stereocenters. The number of ether oxygens (including phenoxy) is 1. The predicted octanol–water partition coefficient (Wildman–Crippen LogP) is 4.31. The maximum absolute atomic E-state index is 10.4. The summed E-state index contributed by atoms with van der Waals surface area (Å²) >= 11 is 0. The molecule has 0 aromatic heterocycles. The second-order valence-corrected chi connectivity index (χ2v) is 5.36. The van der Waals surface area contributed by atoms with E-state index < -0.39 is 6.10 Å². The lowest BCUT2D eigenvalue weighted by Gasteiger charge is -2.21. The normalized spacial score (nSPS) is 13.7. The molecule has 0 heterocycles. The van der Waals surface area contributed by atoms with Crippen LogP contribution >= 0.6 is 0 Å². The Balaban J connectivity index is 2.05. The number of hydrogen-bond donors (Lipinski definition) is 1. The molecule has 21 heavy (non-hydrogen) atoms. The first-order chi connectivity index (χ1) is 10.1. The molecule has 2 aromatic rings. The van der Waals surface area contributed by atoms with E-state index in [1.807, 2.05) is 37.3 Å². The van der Waals surface area contributed by atoms with Gasteiger partial charge in [-0.15, -0.1) is 0 Å². The van der Waals surface area contributed by atoms with Gasteiger partial charge in [0, 0.05) is 0 Å². The Labute approximate surface area is 127 Å². The third-order valence-corrected chi connectivity index (χ3v) is 3.80. The third kappa shape index (κ3) is 4.08. The molecule has 0 radical (unpaired) electrons. The van der Waals surface area contributed by atoms with Crippen LogP contribution in [0.5, 0.6) is 5.75 Å². The molecule has 2 aromatic carbocycles. The van der Waals surface area contributed by atoms with Gasteiger partial charge in [0.05, 0.1) is 0 Å². The first kappa shape index (κ1) is 15.6. The fraction of sp³-hybridized carbons (Fsp3) is 0.368. The van der Waals surface area contributed by atoms with Gasteiger partial charge in [-0.3, -0.25) is 0 Å². The largest absolute Gasteiger partial charge is 0.488 e. The summed E-state index contributed by atoms with van der Waals surface area (Å²) in [4.78, 5) is 0. The standard InChI is InChI=1S/C19H24O2/c1-4-15-9-11-17(12-10-15)19(20)14(3)21-18-8-6-7-16(5-2)13-18/h6-14,19-20H,4-5H2,1-3H3. The fourth-order valence-electron chi connectivity index (χ4n) is 2.34. The van der Waals surface area contributed by atoms with Gasteiger partial charge in [0.2, 0.25) is 0 Å². The lowest BCUT2D eigenvalue weighted by atomic mass is 10.0. The summed E-state index contributed by atoms with van der Waals surface area (Å²) in [5.41, 5.74) is 3.41. The molecule has 0 amide bonds. The second kappa shape index (κ2) is 7.28. The van der Waals surface area contributed by atoms with Crippen LogP contribution in [-0.4, -0.2) is 11.2 Å². The number of hydrogen-bond acceptors (Lipinski definition) is 2. The summed E-state index contributed by atoms with van der Waals surface area (Å²) in [6.07, 6.45) is 1.07. The minimum Gasteiger partial charge on any atom is -0.488 e. The molecular weight excluding hydrogens is 260 g/mol. The van der Waals surface area contributed by atoms with Gasteiger partial charge < -0.3 is 9.84 Å². The van der Waals surface area contributed by atoms with Gasteiger partial charge >= 0.3 is 0 Å². The van der Waals surface area contributed by atoms with Crippen LogP contribution < -0.4 is 4.74 Å². The number of benzene rings is 2. The minimum absolute atomic E-state index is 0.287. The molecule has 0 saturated carbocycles. The monoisotopic (exact) mass is 284 g/mol. The molecule has 2 nitrogen and oxygen atoms in total. The van der Waals surface area contributed by atoms with Crippen molar-refractivity contribution in [1.29, 1.82) is 0 Å². The van der Waals surface area contributed by atoms with E-state index in [2.05, 4.69) is 32.0 Å². The number of aryl methyl sites for hydroxylation is 2. The Morgan fingerprint density at radius 3 is 2.24 bits per heavy atom. The van der Waals surface area contributed by atoms with Gasteiger partial charge in [0.25, 0.3) is 0 Å². The number of aliphatic hydroxyl groups excluding tert-OH is 1. The first-order valence-corrected chi connectivity index (χ1v) is 7.66. The topological polar surface area (TPSA) is 29.5 Å². The summed E-state index contributed by atoms with van der Waals surface area (Å²) < 4.78 is 5.88. The Morgan fingerprint density at radius 2 is 1.62 bits per heavy atom. The van der Waals surface area contributed by atoms with Crippen molar-refractivity contribution in [2.24, 2.45) is 0 Å². The van der Waals surface area contributed by atoms with Gasteiger partial charge in [-0.25, -0.2) is 0 Å². The van der Waals surface area contributed by atoms with Crippen LogP contribution in [0.25, 0.3) is 0 Å². The maximum Gasteiger partial charge on any atom is 0.126 e. The van der Waals surface area contributed by atoms with Crippen molar-refractivity contribution in [3.63, 3.8) is 0 Å².